The minimum atomic E-state index is -0.220. The maximum Gasteiger partial charge on any atom is 0.144 e. The van der Waals surface area contributed by atoms with Crippen LogP contribution in [0.5, 0.6) is 0 Å². The van der Waals surface area contributed by atoms with Crippen molar-refractivity contribution in [3.05, 3.63) is 192 Å². The predicted molar refractivity (Wildman–Crippen MR) is 318 cm³/mol. The van der Waals surface area contributed by atoms with Crippen molar-refractivity contribution in [2.24, 2.45) is 0 Å². The molecule has 0 spiro atoms. The fourth-order valence-corrected chi connectivity index (χ4v) is 6.53. The summed E-state index contributed by atoms with van der Waals surface area (Å²) >= 11 is 0. The number of hydrogen-bond acceptors (Lipinski definition) is 3. The third-order valence-corrected chi connectivity index (χ3v) is 13.0. The minimum Gasteiger partial charge on any atom is -0.261 e. The van der Waals surface area contributed by atoms with Gasteiger partial charge < -0.3 is 0 Å². The average molecular weight is 1000 g/mol. The van der Waals surface area contributed by atoms with Crippen LogP contribution in [0.15, 0.2) is 91.4 Å². The lowest BCUT2D eigenvalue weighted by molar-refractivity contribution is 0.561. The van der Waals surface area contributed by atoms with Crippen LogP contribution in [0.25, 0.3) is 0 Å². The van der Waals surface area contributed by atoms with E-state index in [1.54, 1.807) is 25.3 Å². The van der Waals surface area contributed by atoms with Gasteiger partial charge in [-0.05, 0) is 193 Å². The van der Waals surface area contributed by atoms with Crippen molar-refractivity contribution in [2.75, 3.05) is 0 Å². The second kappa shape index (κ2) is 27.5. The summed E-state index contributed by atoms with van der Waals surface area (Å²) < 4.78 is 26.4. The zero-order valence-electron chi connectivity index (χ0n) is 50.8. The van der Waals surface area contributed by atoms with Gasteiger partial charge in [-0.1, -0.05) is 181 Å². The van der Waals surface area contributed by atoms with Gasteiger partial charge >= 0.3 is 0 Å². The Balaban J connectivity index is 0.000000850. The van der Waals surface area contributed by atoms with Gasteiger partial charge in [0.2, 0.25) is 0 Å². The molecule has 0 radical (unpaired) electrons. The lowest BCUT2D eigenvalue weighted by Gasteiger charge is -2.20. The highest BCUT2D eigenvalue weighted by atomic mass is 19.1. The molecule has 3 nitrogen and oxygen atoms in total. The van der Waals surface area contributed by atoms with E-state index in [1.807, 2.05) is 53.9 Å². The van der Waals surface area contributed by atoms with E-state index in [-0.39, 0.29) is 51.6 Å². The van der Waals surface area contributed by atoms with E-state index in [4.69, 9.17) is 0 Å². The fourth-order valence-electron chi connectivity index (χ4n) is 6.53. The third kappa shape index (κ3) is 23.8. The number of rotatable bonds is 0. The van der Waals surface area contributed by atoms with Crippen LogP contribution >= 0.6 is 0 Å². The van der Waals surface area contributed by atoms with Crippen LogP contribution in [-0.2, 0) is 32.5 Å². The molecule has 0 aliphatic heterocycles. The van der Waals surface area contributed by atoms with Crippen LogP contribution in [0, 0.1) is 80.9 Å². The first-order valence-corrected chi connectivity index (χ1v) is 25.9. The van der Waals surface area contributed by atoms with Crippen LogP contribution in [-0.4, -0.2) is 15.0 Å². The average Bonchev–Trinajstić information content (AvgIpc) is 3.23. The molecule has 0 unspecified atom stereocenters. The highest BCUT2D eigenvalue weighted by Crippen LogP contribution is 2.28. The van der Waals surface area contributed by atoms with Gasteiger partial charge in [-0.3, -0.25) is 15.0 Å². The maximum atomic E-state index is 13.4. The van der Waals surface area contributed by atoms with Crippen molar-refractivity contribution >= 4 is 0 Å². The predicted octanol–water partition coefficient (Wildman–Crippen LogP) is 20.1. The summed E-state index contributed by atoms with van der Waals surface area (Å²) in [5, 5.41) is 0. The first-order chi connectivity index (χ1) is 32.5. The monoisotopic (exact) mass is 1000 g/mol. The second-order valence-corrected chi connectivity index (χ2v) is 26.1. The first kappa shape index (κ1) is 68.0. The molecule has 0 saturated heterocycles. The van der Waals surface area contributed by atoms with Crippen molar-refractivity contribution < 1.29 is 8.78 Å². The Morgan fingerprint density at radius 3 is 1.00 bits per heavy atom. The second-order valence-electron chi connectivity index (χ2n) is 26.1. The summed E-state index contributed by atoms with van der Waals surface area (Å²) in [6.45, 7) is 59.3. The lowest BCUT2D eigenvalue weighted by Crippen LogP contribution is -2.13. The van der Waals surface area contributed by atoms with Crippen molar-refractivity contribution in [1.82, 2.24) is 15.0 Å². The van der Waals surface area contributed by atoms with Crippen LogP contribution in [0.2, 0.25) is 0 Å². The molecule has 0 N–H and O–H groups in total. The Labute approximate surface area is 448 Å². The largest absolute Gasteiger partial charge is 0.261 e. The number of aryl methyl sites for hydroxylation is 9. The maximum absolute atomic E-state index is 13.4. The number of pyridine rings is 3. The zero-order valence-corrected chi connectivity index (χ0v) is 50.8. The number of halogens is 2. The SMILES string of the molecule is C.Cc1cc(C(C)(C)C)cc(F)c1C.Cc1ccc(C(C)(C)C)cc1C.Cc1ccc(C(C)(C)C)cc1C.Cc1ccc(C(C)(C)C)cn1.Cc1cnc(C(C)(C)C)cc1C.Cc1ncc(C(C)(C)C)cc1F. The Morgan fingerprint density at radius 1 is 0.301 bits per heavy atom. The highest BCUT2D eigenvalue weighted by molar-refractivity contribution is 5.36. The van der Waals surface area contributed by atoms with E-state index < -0.39 is 0 Å². The van der Waals surface area contributed by atoms with Crippen molar-refractivity contribution in [3.8, 4) is 0 Å². The molecule has 6 aromatic rings. The molecule has 0 fully saturated rings. The zero-order chi connectivity index (χ0) is 56.1. The van der Waals surface area contributed by atoms with Crippen molar-refractivity contribution in [2.45, 2.75) is 234 Å². The quantitative estimate of drug-likeness (QED) is 0.152. The molecule has 0 aliphatic carbocycles. The highest BCUT2D eigenvalue weighted by Gasteiger charge is 2.19. The van der Waals surface area contributed by atoms with Gasteiger partial charge in [0.15, 0.2) is 0 Å². The molecular weight excluding hydrogens is 897 g/mol. The fraction of sp³-hybridized carbons (Fsp3) is 0.515. The molecule has 0 aliphatic rings. The number of hydrogen-bond donors (Lipinski definition) is 0. The van der Waals surface area contributed by atoms with Gasteiger partial charge in [0.25, 0.3) is 0 Å². The molecule has 0 bridgehead atoms. The van der Waals surface area contributed by atoms with Crippen LogP contribution in [0.3, 0.4) is 0 Å². The van der Waals surface area contributed by atoms with Crippen LogP contribution in [0.4, 0.5) is 8.78 Å². The van der Waals surface area contributed by atoms with Crippen LogP contribution in [0.1, 0.15) is 221 Å². The first-order valence-electron chi connectivity index (χ1n) is 25.9. The van der Waals surface area contributed by atoms with E-state index in [1.165, 1.54) is 55.8 Å². The van der Waals surface area contributed by atoms with Gasteiger partial charge in [-0.15, -0.1) is 0 Å². The van der Waals surface area contributed by atoms with E-state index in [0.717, 1.165) is 27.9 Å². The van der Waals surface area contributed by atoms with Gasteiger partial charge in [0, 0.05) is 35.4 Å². The molecular formula is C68H103F2N3. The van der Waals surface area contributed by atoms with E-state index in [2.05, 4.69) is 221 Å². The van der Waals surface area contributed by atoms with Gasteiger partial charge in [0.05, 0.1) is 5.69 Å². The standard InChI is InChI=1S/C12H17F.2C12H18.C11H17N.C10H14FN.C10H15N.CH4/c1-8-6-10(12(3,4)5)7-11(13)9(8)2;2*1-9-6-7-11(8-10(9)2)12(3,4)5;1-8-6-10(11(3,4)5)12-7-9(8)2;1-7-9(11)5-8(6-12-7)10(2,3)4;1-8-5-6-9(7-11-8)10(2,3)4;/h6-7H,1-5H3;2*6-8H,1-5H3;6-7H,1-5H3;5-6H,1-4H3;5-7H,1-4H3;1H4. The molecule has 3 heterocycles. The van der Waals surface area contributed by atoms with E-state index >= 15 is 0 Å². The van der Waals surface area contributed by atoms with E-state index in [9.17, 15) is 8.78 Å². The summed E-state index contributed by atoms with van der Waals surface area (Å²) in [6.07, 6.45) is 5.64. The molecule has 3 aromatic heterocycles. The summed E-state index contributed by atoms with van der Waals surface area (Å²) in [4.78, 5) is 12.6. The molecule has 6 rings (SSSR count). The molecule has 0 amide bonds. The van der Waals surface area contributed by atoms with Gasteiger partial charge in [-0.2, -0.15) is 0 Å². The normalized spacial score (nSPS) is 11.6. The van der Waals surface area contributed by atoms with Crippen molar-refractivity contribution in [3.63, 3.8) is 0 Å². The molecule has 404 valence electrons. The summed E-state index contributed by atoms with van der Waals surface area (Å²) in [7, 11) is 0. The van der Waals surface area contributed by atoms with Gasteiger partial charge in [0.1, 0.15) is 11.6 Å². The molecule has 5 heteroatoms. The Kier molecular flexibility index (Phi) is 25.6. The Bertz CT molecular complexity index is 2360. The summed E-state index contributed by atoms with van der Waals surface area (Å²) in [6, 6.07) is 25.1. The third-order valence-electron chi connectivity index (χ3n) is 13.0. The summed E-state index contributed by atoms with van der Waals surface area (Å²) in [5.74, 6) is -0.313. The van der Waals surface area contributed by atoms with Gasteiger partial charge in [-0.25, -0.2) is 8.78 Å². The van der Waals surface area contributed by atoms with Crippen molar-refractivity contribution in [1.29, 1.82) is 0 Å². The molecule has 3 aromatic carbocycles. The molecule has 73 heavy (non-hydrogen) atoms. The minimum absolute atomic E-state index is 0. The smallest absolute Gasteiger partial charge is 0.144 e. The topological polar surface area (TPSA) is 38.7 Å². The van der Waals surface area contributed by atoms with Crippen LogP contribution < -0.4 is 0 Å². The summed E-state index contributed by atoms with van der Waals surface area (Å²) in [5.41, 5.74) is 19.7. The number of aromatic nitrogens is 3. The Hall–Kier alpha value is -5.03. The number of nitrogens with zero attached hydrogens (tertiary/aromatic N) is 3. The molecule has 0 saturated carbocycles. The number of benzene rings is 3. The lowest BCUT2D eigenvalue weighted by atomic mass is 9.85. The van der Waals surface area contributed by atoms with E-state index in [0.29, 0.717) is 5.69 Å². The molecule has 0 atom stereocenters. The Morgan fingerprint density at radius 2 is 0.671 bits per heavy atom.